The van der Waals surface area contributed by atoms with Crippen LogP contribution in [0.25, 0.3) is 11.4 Å². The van der Waals surface area contributed by atoms with Crippen LogP contribution in [0.5, 0.6) is 0 Å². The molecule has 1 aliphatic heterocycles. The van der Waals surface area contributed by atoms with Crippen LogP contribution in [0.15, 0.2) is 28.8 Å². The fourth-order valence-electron chi connectivity index (χ4n) is 2.64. The summed E-state index contributed by atoms with van der Waals surface area (Å²) in [5.74, 6) is 0.772. The molecule has 112 valence electrons. The predicted octanol–water partition coefficient (Wildman–Crippen LogP) is 2.48. The number of halogens is 1. The van der Waals surface area contributed by atoms with Crippen molar-refractivity contribution in [3.05, 3.63) is 36.0 Å². The first-order valence-corrected chi connectivity index (χ1v) is 7.06. The Morgan fingerprint density at radius 2 is 1.86 bits per heavy atom. The minimum absolute atomic E-state index is 0.202. The van der Waals surface area contributed by atoms with E-state index < -0.39 is 0 Å². The molecule has 0 spiro atoms. The Morgan fingerprint density at radius 3 is 2.52 bits per heavy atom. The highest BCUT2D eigenvalue weighted by Crippen LogP contribution is 2.18. The monoisotopic (exact) mass is 291 g/mol. The van der Waals surface area contributed by atoms with Crippen molar-refractivity contribution in [3.63, 3.8) is 0 Å². The summed E-state index contributed by atoms with van der Waals surface area (Å²) in [5, 5.41) is 3.95. The van der Waals surface area contributed by atoms with E-state index in [-0.39, 0.29) is 18.0 Å². The Bertz CT molecular complexity index is 589. The first-order valence-electron chi connectivity index (χ1n) is 7.06. The molecule has 0 aliphatic carbocycles. The summed E-state index contributed by atoms with van der Waals surface area (Å²) < 4.78 is 23.9. The maximum Gasteiger partial charge on any atom is 0.241 e. The van der Waals surface area contributed by atoms with Gasteiger partial charge in [0.25, 0.3) is 0 Å². The van der Waals surface area contributed by atoms with Crippen LogP contribution in [0.2, 0.25) is 0 Å². The molecule has 1 aliphatic rings. The van der Waals surface area contributed by atoms with Crippen LogP contribution in [0, 0.1) is 5.82 Å². The van der Waals surface area contributed by atoms with Gasteiger partial charge in [-0.25, -0.2) is 4.39 Å². The molecule has 0 radical (unpaired) electrons. The Balaban J connectivity index is 1.69. The third-order valence-electron chi connectivity index (χ3n) is 3.42. The Morgan fingerprint density at radius 1 is 1.19 bits per heavy atom. The van der Waals surface area contributed by atoms with E-state index in [0.717, 1.165) is 18.7 Å². The van der Waals surface area contributed by atoms with Crippen LogP contribution < -0.4 is 0 Å². The van der Waals surface area contributed by atoms with Gasteiger partial charge in [0.05, 0.1) is 18.8 Å². The maximum absolute atomic E-state index is 12.9. The molecule has 0 unspecified atom stereocenters. The van der Waals surface area contributed by atoms with E-state index in [1.807, 2.05) is 0 Å². The third kappa shape index (κ3) is 3.46. The van der Waals surface area contributed by atoms with Crippen molar-refractivity contribution in [2.45, 2.75) is 32.6 Å². The smallest absolute Gasteiger partial charge is 0.241 e. The maximum atomic E-state index is 12.9. The van der Waals surface area contributed by atoms with E-state index in [2.05, 4.69) is 28.9 Å². The second-order valence-electron chi connectivity index (χ2n) is 5.47. The first kappa shape index (κ1) is 14.2. The van der Waals surface area contributed by atoms with Crippen molar-refractivity contribution < 1.29 is 13.7 Å². The largest absolute Gasteiger partial charge is 0.373 e. The topological polar surface area (TPSA) is 51.4 Å². The lowest BCUT2D eigenvalue weighted by Gasteiger charge is -2.34. The normalized spacial score (nSPS) is 23.4. The number of ether oxygens (including phenoxy) is 1. The van der Waals surface area contributed by atoms with Crippen molar-refractivity contribution in [1.29, 1.82) is 0 Å². The molecule has 0 amide bonds. The van der Waals surface area contributed by atoms with Crippen molar-refractivity contribution >= 4 is 0 Å². The molecule has 0 N–H and O–H groups in total. The SMILES string of the molecule is C[C@@H]1CN(Cc2nc(-c3ccc(F)cc3)no2)C[C@H](C)O1. The van der Waals surface area contributed by atoms with Gasteiger partial charge in [-0.2, -0.15) is 4.98 Å². The fraction of sp³-hybridized carbons (Fsp3) is 0.467. The zero-order valence-electron chi connectivity index (χ0n) is 12.1. The van der Waals surface area contributed by atoms with E-state index in [1.54, 1.807) is 12.1 Å². The molecule has 1 fully saturated rings. The standard InChI is InChI=1S/C15H18FN3O2/c1-10-7-19(8-11(2)20-10)9-14-17-15(18-21-14)12-3-5-13(16)6-4-12/h3-6,10-11H,7-9H2,1-2H3/t10-,11+. The third-order valence-corrected chi connectivity index (χ3v) is 3.42. The average Bonchev–Trinajstić information content (AvgIpc) is 2.87. The molecule has 0 saturated carbocycles. The molecule has 21 heavy (non-hydrogen) atoms. The highest BCUT2D eigenvalue weighted by atomic mass is 19.1. The number of benzene rings is 1. The lowest BCUT2D eigenvalue weighted by molar-refractivity contribution is -0.0725. The van der Waals surface area contributed by atoms with Crippen LogP contribution in [0.1, 0.15) is 19.7 Å². The van der Waals surface area contributed by atoms with Crippen molar-refractivity contribution in [1.82, 2.24) is 15.0 Å². The molecule has 6 heteroatoms. The predicted molar refractivity (Wildman–Crippen MR) is 75.0 cm³/mol. The molecule has 2 heterocycles. The van der Waals surface area contributed by atoms with E-state index in [0.29, 0.717) is 18.3 Å². The zero-order chi connectivity index (χ0) is 14.8. The van der Waals surface area contributed by atoms with Gasteiger partial charge < -0.3 is 9.26 Å². The fourth-order valence-corrected chi connectivity index (χ4v) is 2.64. The second-order valence-corrected chi connectivity index (χ2v) is 5.47. The highest BCUT2D eigenvalue weighted by Gasteiger charge is 2.23. The van der Waals surface area contributed by atoms with Gasteiger partial charge in [-0.05, 0) is 38.1 Å². The molecule has 3 rings (SSSR count). The van der Waals surface area contributed by atoms with Gasteiger partial charge in [-0.3, -0.25) is 4.90 Å². The van der Waals surface area contributed by atoms with Gasteiger partial charge in [0.1, 0.15) is 5.82 Å². The van der Waals surface area contributed by atoms with Crippen LogP contribution in [-0.4, -0.2) is 40.3 Å². The highest BCUT2D eigenvalue weighted by molar-refractivity contribution is 5.53. The quantitative estimate of drug-likeness (QED) is 0.869. The summed E-state index contributed by atoms with van der Waals surface area (Å²) >= 11 is 0. The average molecular weight is 291 g/mol. The summed E-state index contributed by atoms with van der Waals surface area (Å²) in [6.07, 6.45) is 0.404. The van der Waals surface area contributed by atoms with Gasteiger partial charge >= 0.3 is 0 Å². The minimum Gasteiger partial charge on any atom is -0.373 e. The van der Waals surface area contributed by atoms with Crippen molar-refractivity contribution in [2.75, 3.05) is 13.1 Å². The number of nitrogens with zero attached hydrogens (tertiary/aromatic N) is 3. The molecule has 2 atom stereocenters. The van der Waals surface area contributed by atoms with Crippen LogP contribution in [0.4, 0.5) is 4.39 Å². The molecule has 5 nitrogen and oxygen atoms in total. The van der Waals surface area contributed by atoms with E-state index in [4.69, 9.17) is 9.26 Å². The molecule has 1 aromatic carbocycles. The van der Waals surface area contributed by atoms with Gasteiger partial charge in [0, 0.05) is 18.7 Å². The number of hydrogen-bond acceptors (Lipinski definition) is 5. The first-order chi connectivity index (χ1) is 10.1. The van der Waals surface area contributed by atoms with Crippen LogP contribution in [0.3, 0.4) is 0 Å². The summed E-state index contributed by atoms with van der Waals surface area (Å²) in [4.78, 5) is 6.61. The molecule has 1 aromatic heterocycles. The Hall–Kier alpha value is -1.79. The summed E-state index contributed by atoms with van der Waals surface area (Å²) in [6.45, 7) is 6.41. The van der Waals surface area contributed by atoms with Crippen LogP contribution >= 0.6 is 0 Å². The van der Waals surface area contributed by atoms with E-state index >= 15 is 0 Å². The van der Waals surface area contributed by atoms with E-state index in [9.17, 15) is 4.39 Å². The second kappa shape index (κ2) is 5.91. The number of hydrogen-bond donors (Lipinski definition) is 0. The summed E-state index contributed by atoms with van der Waals surface area (Å²) in [5.41, 5.74) is 0.745. The molecular formula is C15H18FN3O2. The molecule has 1 saturated heterocycles. The van der Waals surface area contributed by atoms with Gasteiger partial charge in [0.15, 0.2) is 0 Å². The van der Waals surface area contributed by atoms with Gasteiger partial charge in [-0.15, -0.1) is 0 Å². The number of morpholine rings is 1. The zero-order valence-corrected chi connectivity index (χ0v) is 12.1. The lowest BCUT2D eigenvalue weighted by atomic mass is 10.2. The Labute approximate surface area is 122 Å². The Kier molecular flexibility index (Phi) is 3.98. The number of aromatic nitrogens is 2. The molecule has 0 bridgehead atoms. The van der Waals surface area contributed by atoms with E-state index in [1.165, 1.54) is 12.1 Å². The molecule has 2 aromatic rings. The van der Waals surface area contributed by atoms with Gasteiger partial charge in [0.2, 0.25) is 11.7 Å². The lowest BCUT2D eigenvalue weighted by Crippen LogP contribution is -2.44. The summed E-state index contributed by atoms with van der Waals surface area (Å²) in [6, 6.07) is 6.05. The van der Waals surface area contributed by atoms with Crippen molar-refractivity contribution in [3.8, 4) is 11.4 Å². The van der Waals surface area contributed by atoms with Gasteiger partial charge in [-0.1, -0.05) is 5.16 Å². The van der Waals surface area contributed by atoms with Crippen molar-refractivity contribution in [2.24, 2.45) is 0 Å². The minimum atomic E-state index is -0.279. The number of rotatable bonds is 3. The van der Waals surface area contributed by atoms with Crippen LogP contribution in [-0.2, 0) is 11.3 Å². The summed E-state index contributed by atoms with van der Waals surface area (Å²) in [7, 11) is 0. The molecular weight excluding hydrogens is 273 g/mol.